The first-order valence-corrected chi connectivity index (χ1v) is 7.88. The molecule has 0 fully saturated rings. The fraction of sp³-hybridized carbons (Fsp3) is 0.556. The maximum Gasteiger partial charge on any atom is 0.312 e. The van der Waals surface area contributed by atoms with E-state index >= 15 is 0 Å². The molecule has 80 valence electrons. The second-order valence-electron chi connectivity index (χ2n) is 3.80. The molecule has 14 heavy (non-hydrogen) atoms. The summed E-state index contributed by atoms with van der Waals surface area (Å²) in [7, 11) is -1.83. The lowest BCUT2D eigenvalue weighted by atomic mass is 10.5. The summed E-state index contributed by atoms with van der Waals surface area (Å²) in [5.41, 5.74) is 0. The minimum absolute atomic E-state index is 0.0621. The van der Waals surface area contributed by atoms with Gasteiger partial charge in [-0.25, -0.2) is 0 Å². The Balaban J connectivity index is 3.81. The number of hydrogen-bond donors (Lipinski definition) is 1. The van der Waals surface area contributed by atoms with Crippen LogP contribution in [0.1, 0.15) is 6.92 Å². The summed E-state index contributed by atoms with van der Waals surface area (Å²) < 4.78 is 5.13. The van der Waals surface area contributed by atoms with E-state index in [0.717, 1.165) is 0 Å². The Kier molecular flexibility index (Phi) is 5.15. The van der Waals surface area contributed by atoms with Crippen LogP contribution in [0.25, 0.3) is 0 Å². The van der Waals surface area contributed by atoms with Gasteiger partial charge < -0.3 is 9.74 Å². The third-order valence-electron chi connectivity index (χ3n) is 1.15. The van der Waals surface area contributed by atoms with E-state index in [-0.39, 0.29) is 18.4 Å². The molecule has 0 bridgehead atoms. The van der Waals surface area contributed by atoms with Gasteiger partial charge in [-0.2, -0.15) is 0 Å². The summed E-state index contributed by atoms with van der Waals surface area (Å²) in [6.07, 6.45) is 2.97. The topological polar surface area (TPSA) is 55.4 Å². The van der Waals surface area contributed by atoms with Gasteiger partial charge in [-0.15, -0.1) is 0 Å². The van der Waals surface area contributed by atoms with Crippen molar-refractivity contribution in [2.24, 2.45) is 0 Å². The van der Waals surface area contributed by atoms with E-state index in [1.165, 1.54) is 6.08 Å². The molecule has 0 aromatic rings. The van der Waals surface area contributed by atoms with Crippen molar-refractivity contribution < 1.29 is 14.0 Å². The third-order valence-corrected chi connectivity index (χ3v) is 1.99. The Hall–Kier alpha value is -1.10. The highest BCUT2D eigenvalue weighted by molar-refractivity contribution is 6.71. The van der Waals surface area contributed by atoms with Crippen LogP contribution in [-0.4, -0.2) is 26.7 Å². The standard InChI is InChI=1S/C9H17NO3Si/c1-5-6-8(11)10-7-9(12)13-14(2,3)4/h5-6H,7H2,1-4H3,(H,10,11)/b6-5+. The fourth-order valence-electron chi connectivity index (χ4n) is 0.747. The Morgan fingerprint density at radius 1 is 1.36 bits per heavy atom. The maximum atomic E-state index is 11.1. The predicted molar refractivity (Wildman–Crippen MR) is 57.3 cm³/mol. The summed E-state index contributed by atoms with van der Waals surface area (Å²) in [6.45, 7) is 7.42. The van der Waals surface area contributed by atoms with Crippen LogP contribution in [-0.2, 0) is 14.0 Å². The van der Waals surface area contributed by atoms with Crippen LogP contribution >= 0.6 is 0 Å². The number of rotatable bonds is 4. The minimum atomic E-state index is -1.83. The second kappa shape index (κ2) is 5.59. The van der Waals surface area contributed by atoms with Crippen molar-refractivity contribution in [2.75, 3.05) is 6.54 Å². The van der Waals surface area contributed by atoms with Gasteiger partial charge in [0, 0.05) is 0 Å². The van der Waals surface area contributed by atoms with Crippen molar-refractivity contribution >= 4 is 20.2 Å². The number of amides is 1. The normalized spacial score (nSPS) is 11.4. The fourth-order valence-corrected chi connectivity index (χ4v) is 1.50. The minimum Gasteiger partial charge on any atom is -0.519 e. The van der Waals surface area contributed by atoms with Crippen LogP contribution in [0.2, 0.25) is 19.6 Å². The van der Waals surface area contributed by atoms with E-state index < -0.39 is 8.32 Å². The average molecular weight is 215 g/mol. The number of nitrogens with one attached hydrogen (secondary N) is 1. The van der Waals surface area contributed by atoms with Gasteiger partial charge >= 0.3 is 5.97 Å². The summed E-state index contributed by atoms with van der Waals surface area (Å²) in [6, 6.07) is 0. The molecule has 0 atom stereocenters. The van der Waals surface area contributed by atoms with E-state index in [2.05, 4.69) is 5.32 Å². The van der Waals surface area contributed by atoms with Crippen molar-refractivity contribution in [1.82, 2.24) is 5.32 Å². The number of hydrogen-bond acceptors (Lipinski definition) is 3. The summed E-state index contributed by atoms with van der Waals surface area (Å²) in [5.74, 6) is -0.651. The molecule has 0 saturated carbocycles. The lowest BCUT2D eigenvalue weighted by Crippen LogP contribution is -2.36. The van der Waals surface area contributed by atoms with Crippen LogP contribution in [0.15, 0.2) is 12.2 Å². The molecule has 0 spiro atoms. The van der Waals surface area contributed by atoms with Gasteiger partial charge in [0.1, 0.15) is 6.54 Å². The van der Waals surface area contributed by atoms with Crippen molar-refractivity contribution in [2.45, 2.75) is 26.6 Å². The molecular formula is C9H17NO3Si. The molecule has 0 unspecified atom stereocenters. The molecule has 0 saturated heterocycles. The number of allylic oxidation sites excluding steroid dienone is 1. The molecule has 0 heterocycles. The molecule has 1 N–H and O–H groups in total. The summed E-state index contributed by atoms with van der Waals surface area (Å²) in [4.78, 5) is 22.1. The van der Waals surface area contributed by atoms with Gasteiger partial charge in [0.25, 0.3) is 0 Å². The van der Waals surface area contributed by atoms with Crippen molar-refractivity contribution in [3.05, 3.63) is 12.2 Å². The van der Waals surface area contributed by atoms with E-state index in [1.807, 2.05) is 19.6 Å². The molecule has 0 aliphatic carbocycles. The highest BCUT2D eigenvalue weighted by Crippen LogP contribution is 2.01. The lowest BCUT2D eigenvalue weighted by molar-refractivity contribution is -0.135. The smallest absolute Gasteiger partial charge is 0.312 e. The van der Waals surface area contributed by atoms with Crippen molar-refractivity contribution in [3.8, 4) is 0 Å². The summed E-state index contributed by atoms with van der Waals surface area (Å²) >= 11 is 0. The van der Waals surface area contributed by atoms with Crippen LogP contribution in [0.5, 0.6) is 0 Å². The van der Waals surface area contributed by atoms with Crippen LogP contribution < -0.4 is 5.32 Å². The summed E-state index contributed by atoms with van der Waals surface area (Å²) in [5, 5.41) is 2.43. The number of carbonyl (C=O) groups is 2. The van der Waals surface area contributed by atoms with Gasteiger partial charge in [0.15, 0.2) is 0 Å². The predicted octanol–water partition coefficient (Wildman–Crippen LogP) is 1.06. The van der Waals surface area contributed by atoms with E-state index in [4.69, 9.17) is 4.43 Å². The Bertz CT molecular complexity index is 243. The first-order chi connectivity index (χ1) is 6.35. The second-order valence-corrected chi connectivity index (χ2v) is 8.23. The molecule has 0 aromatic heterocycles. The van der Waals surface area contributed by atoms with E-state index in [9.17, 15) is 9.59 Å². The highest BCUT2D eigenvalue weighted by Gasteiger charge is 2.19. The van der Waals surface area contributed by atoms with Gasteiger partial charge in [0.2, 0.25) is 14.2 Å². The molecular weight excluding hydrogens is 198 g/mol. The molecule has 0 rings (SSSR count). The van der Waals surface area contributed by atoms with E-state index in [1.54, 1.807) is 13.0 Å². The van der Waals surface area contributed by atoms with Gasteiger partial charge in [0.05, 0.1) is 0 Å². The largest absolute Gasteiger partial charge is 0.519 e. The van der Waals surface area contributed by atoms with Crippen molar-refractivity contribution in [1.29, 1.82) is 0 Å². The van der Waals surface area contributed by atoms with Crippen molar-refractivity contribution in [3.63, 3.8) is 0 Å². The zero-order chi connectivity index (χ0) is 11.2. The zero-order valence-corrected chi connectivity index (χ0v) is 10.1. The number of carbonyl (C=O) groups excluding carboxylic acids is 2. The Morgan fingerprint density at radius 3 is 2.36 bits per heavy atom. The van der Waals surface area contributed by atoms with Crippen LogP contribution in [0, 0.1) is 0 Å². The van der Waals surface area contributed by atoms with Gasteiger partial charge in [-0.3, -0.25) is 9.59 Å². The molecule has 0 aromatic carbocycles. The molecule has 5 heteroatoms. The third kappa shape index (κ3) is 7.54. The lowest BCUT2D eigenvalue weighted by Gasteiger charge is -2.17. The van der Waals surface area contributed by atoms with Crippen LogP contribution in [0.3, 0.4) is 0 Å². The quantitative estimate of drug-likeness (QED) is 0.563. The highest BCUT2D eigenvalue weighted by atomic mass is 28.4. The average Bonchev–Trinajstić information content (AvgIpc) is 1.98. The Morgan fingerprint density at radius 2 is 1.93 bits per heavy atom. The van der Waals surface area contributed by atoms with Gasteiger partial charge in [-0.1, -0.05) is 6.08 Å². The molecule has 0 aliphatic heterocycles. The monoisotopic (exact) mass is 215 g/mol. The zero-order valence-electron chi connectivity index (χ0n) is 9.09. The molecule has 0 aliphatic rings. The Labute approximate surface area is 85.5 Å². The first kappa shape index (κ1) is 12.9. The molecule has 4 nitrogen and oxygen atoms in total. The SMILES string of the molecule is C/C=C/C(=O)NCC(=O)O[Si](C)(C)C. The maximum absolute atomic E-state index is 11.1. The molecule has 0 radical (unpaired) electrons. The first-order valence-electron chi connectivity index (χ1n) is 4.47. The molecule has 1 amide bonds. The van der Waals surface area contributed by atoms with Gasteiger partial charge in [-0.05, 0) is 32.6 Å². The van der Waals surface area contributed by atoms with Crippen LogP contribution in [0.4, 0.5) is 0 Å². The van der Waals surface area contributed by atoms with E-state index in [0.29, 0.717) is 0 Å².